The molecule has 1 aromatic carbocycles. The number of aryl methyl sites for hydroxylation is 2. The summed E-state index contributed by atoms with van der Waals surface area (Å²) < 4.78 is 16.9. The van der Waals surface area contributed by atoms with Gasteiger partial charge in [0.1, 0.15) is 5.82 Å². The summed E-state index contributed by atoms with van der Waals surface area (Å²) >= 11 is 1.32. The van der Waals surface area contributed by atoms with Crippen molar-refractivity contribution in [3.63, 3.8) is 0 Å². The van der Waals surface area contributed by atoms with Crippen LogP contribution in [0.4, 0.5) is 9.52 Å². The molecular weight excluding hydrogens is 429 g/mol. The van der Waals surface area contributed by atoms with Gasteiger partial charge in [-0.3, -0.25) is 10.1 Å². The number of carbonyl (C=O) groups excluding carboxylic acids is 1. The SMILES string of the molecule is Cc1cc(-c2csc(NC(=O)c3nc4nccc(C)n4n3)n2)c(C)n1-c1ccc(F)cc1. The van der Waals surface area contributed by atoms with Crippen molar-refractivity contribution in [2.24, 2.45) is 0 Å². The molecule has 0 aliphatic carbocycles. The van der Waals surface area contributed by atoms with E-state index in [1.807, 2.05) is 36.8 Å². The van der Waals surface area contributed by atoms with Crippen LogP contribution < -0.4 is 5.32 Å². The van der Waals surface area contributed by atoms with Crippen molar-refractivity contribution in [3.05, 3.63) is 76.7 Å². The Balaban J connectivity index is 1.41. The van der Waals surface area contributed by atoms with Gasteiger partial charge >= 0.3 is 0 Å². The zero-order valence-electron chi connectivity index (χ0n) is 17.5. The summed E-state index contributed by atoms with van der Waals surface area (Å²) in [4.78, 5) is 25.5. The lowest BCUT2D eigenvalue weighted by Crippen LogP contribution is -2.13. The first-order valence-electron chi connectivity index (χ1n) is 9.81. The molecule has 8 nitrogen and oxygen atoms in total. The summed E-state index contributed by atoms with van der Waals surface area (Å²) in [5.74, 6) is -0.337. The Bertz CT molecular complexity index is 1470. The number of thiazole rings is 1. The van der Waals surface area contributed by atoms with Crippen molar-refractivity contribution in [1.82, 2.24) is 29.1 Å². The van der Waals surface area contributed by atoms with E-state index in [0.29, 0.717) is 10.9 Å². The second-order valence-corrected chi connectivity index (χ2v) is 8.18. The van der Waals surface area contributed by atoms with E-state index in [9.17, 15) is 9.18 Å². The van der Waals surface area contributed by atoms with Gasteiger partial charge in [-0.2, -0.15) is 4.98 Å². The van der Waals surface area contributed by atoms with Crippen LogP contribution in [0.2, 0.25) is 0 Å². The number of nitrogens with zero attached hydrogens (tertiary/aromatic N) is 6. The zero-order valence-corrected chi connectivity index (χ0v) is 18.3. The van der Waals surface area contributed by atoms with E-state index in [0.717, 1.165) is 34.0 Å². The molecule has 4 heterocycles. The molecular formula is C22H18FN7OS. The molecule has 160 valence electrons. The molecule has 10 heteroatoms. The number of carbonyl (C=O) groups is 1. The van der Waals surface area contributed by atoms with Crippen LogP contribution in [-0.4, -0.2) is 35.0 Å². The number of amides is 1. The monoisotopic (exact) mass is 447 g/mol. The Morgan fingerprint density at radius 3 is 2.59 bits per heavy atom. The molecule has 4 aromatic heterocycles. The number of halogens is 1. The van der Waals surface area contributed by atoms with Gasteiger partial charge in [-0.15, -0.1) is 16.4 Å². The molecule has 0 aliphatic rings. The number of nitrogens with one attached hydrogen (secondary N) is 1. The number of fused-ring (bicyclic) bond motifs is 1. The molecule has 0 saturated carbocycles. The molecule has 5 aromatic rings. The third kappa shape index (κ3) is 3.44. The zero-order chi connectivity index (χ0) is 22.4. The van der Waals surface area contributed by atoms with E-state index in [1.54, 1.807) is 24.4 Å². The quantitative estimate of drug-likeness (QED) is 0.442. The predicted molar refractivity (Wildman–Crippen MR) is 120 cm³/mol. The number of anilines is 1. The summed E-state index contributed by atoms with van der Waals surface area (Å²) in [7, 11) is 0. The summed E-state index contributed by atoms with van der Waals surface area (Å²) in [5, 5.41) is 9.31. The second kappa shape index (κ2) is 7.65. The Labute approximate surface area is 186 Å². The maximum absolute atomic E-state index is 13.3. The van der Waals surface area contributed by atoms with Gasteiger partial charge in [0.05, 0.1) is 5.69 Å². The lowest BCUT2D eigenvalue weighted by Gasteiger charge is -2.09. The summed E-state index contributed by atoms with van der Waals surface area (Å²) in [6.45, 7) is 5.83. The molecule has 0 bridgehead atoms. The lowest BCUT2D eigenvalue weighted by atomic mass is 10.2. The maximum Gasteiger partial charge on any atom is 0.297 e. The molecule has 0 spiro atoms. The number of aromatic nitrogens is 6. The molecule has 0 aliphatic heterocycles. The van der Waals surface area contributed by atoms with Crippen LogP contribution in [0.15, 0.2) is 48.0 Å². The first-order chi connectivity index (χ1) is 15.4. The molecule has 0 fully saturated rings. The van der Waals surface area contributed by atoms with E-state index >= 15 is 0 Å². The van der Waals surface area contributed by atoms with Gasteiger partial charge < -0.3 is 4.57 Å². The largest absolute Gasteiger partial charge is 0.318 e. The smallest absolute Gasteiger partial charge is 0.297 e. The Kier molecular flexibility index (Phi) is 4.78. The third-order valence-electron chi connectivity index (χ3n) is 5.15. The van der Waals surface area contributed by atoms with Gasteiger partial charge in [-0.1, -0.05) is 0 Å². The van der Waals surface area contributed by atoms with Gasteiger partial charge in [0.25, 0.3) is 11.7 Å². The van der Waals surface area contributed by atoms with Gasteiger partial charge in [-0.05, 0) is 57.2 Å². The Morgan fingerprint density at radius 2 is 1.84 bits per heavy atom. The first kappa shape index (κ1) is 20.0. The summed E-state index contributed by atoms with van der Waals surface area (Å²) in [5.41, 5.74) is 5.36. The molecule has 1 N–H and O–H groups in total. The molecule has 5 rings (SSSR count). The van der Waals surface area contributed by atoms with Crippen LogP contribution in [0.1, 0.15) is 27.7 Å². The van der Waals surface area contributed by atoms with Gasteiger partial charge in [-0.25, -0.2) is 18.9 Å². The Hall–Kier alpha value is -3.92. The van der Waals surface area contributed by atoms with Crippen LogP contribution in [0.25, 0.3) is 22.7 Å². The normalized spacial score (nSPS) is 11.2. The first-order valence-corrected chi connectivity index (χ1v) is 10.7. The molecule has 0 radical (unpaired) electrons. The second-order valence-electron chi connectivity index (χ2n) is 7.32. The average molecular weight is 447 g/mol. The highest BCUT2D eigenvalue weighted by Gasteiger charge is 2.18. The summed E-state index contributed by atoms with van der Waals surface area (Å²) in [6, 6.07) is 10.2. The van der Waals surface area contributed by atoms with Crippen LogP contribution in [0.5, 0.6) is 0 Å². The molecule has 0 atom stereocenters. The fourth-order valence-electron chi connectivity index (χ4n) is 3.62. The van der Waals surface area contributed by atoms with Crippen molar-refractivity contribution < 1.29 is 9.18 Å². The van der Waals surface area contributed by atoms with Crippen molar-refractivity contribution in [2.75, 3.05) is 5.32 Å². The average Bonchev–Trinajstić information content (AvgIpc) is 3.47. The van der Waals surface area contributed by atoms with Crippen LogP contribution in [-0.2, 0) is 0 Å². The maximum atomic E-state index is 13.3. The minimum Gasteiger partial charge on any atom is -0.318 e. The minimum absolute atomic E-state index is 0.0260. The Morgan fingerprint density at radius 1 is 1.06 bits per heavy atom. The highest BCUT2D eigenvalue weighted by molar-refractivity contribution is 7.14. The van der Waals surface area contributed by atoms with Crippen LogP contribution >= 0.6 is 11.3 Å². The highest BCUT2D eigenvalue weighted by Crippen LogP contribution is 2.31. The minimum atomic E-state index is -0.451. The van der Waals surface area contributed by atoms with Crippen molar-refractivity contribution in [1.29, 1.82) is 0 Å². The van der Waals surface area contributed by atoms with E-state index in [2.05, 4.69) is 25.4 Å². The van der Waals surface area contributed by atoms with Crippen LogP contribution in [0.3, 0.4) is 0 Å². The van der Waals surface area contributed by atoms with E-state index in [-0.39, 0.29) is 11.6 Å². The number of rotatable bonds is 4. The van der Waals surface area contributed by atoms with Crippen molar-refractivity contribution in [2.45, 2.75) is 20.8 Å². The van der Waals surface area contributed by atoms with Gasteiger partial charge in [0.2, 0.25) is 5.82 Å². The summed E-state index contributed by atoms with van der Waals surface area (Å²) in [6.07, 6.45) is 1.62. The number of hydrogen-bond donors (Lipinski definition) is 1. The molecule has 1 amide bonds. The fourth-order valence-corrected chi connectivity index (χ4v) is 4.33. The third-order valence-corrected chi connectivity index (χ3v) is 5.91. The molecule has 0 unspecified atom stereocenters. The standard InChI is InChI=1S/C22H18FN7OS/c1-12-8-9-24-21-26-19(28-30(12)21)20(31)27-22-25-18(11-32-22)17-10-13(2)29(14(17)3)16-6-4-15(23)5-7-16/h4-11H,1-3H3,(H,25,27,31). The number of benzene rings is 1. The van der Waals surface area contributed by atoms with E-state index in [1.165, 1.54) is 28.0 Å². The molecule has 0 saturated heterocycles. The van der Waals surface area contributed by atoms with Gasteiger partial charge in [0, 0.05) is 39.9 Å². The van der Waals surface area contributed by atoms with Crippen molar-refractivity contribution >= 4 is 28.2 Å². The van der Waals surface area contributed by atoms with E-state index < -0.39 is 5.91 Å². The topological polar surface area (TPSA) is 90.0 Å². The van der Waals surface area contributed by atoms with E-state index in [4.69, 9.17) is 0 Å². The van der Waals surface area contributed by atoms with Gasteiger partial charge in [0.15, 0.2) is 5.13 Å². The molecule has 32 heavy (non-hydrogen) atoms. The fraction of sp³-hybridized carbons (Fsp3) is 0.136. The number of hydrogen-bond acceptors (Lipinski definition) is 6. The lowest BCUT2D eigenvalue weighted by molar-refractivity contribution is 0.101. The highest BCUT2D eigenvalue weighted by atomic mass is 32.1. The predicted octanol–water partition coefficient (Wildman–Crippen LogP) is 4.36. The van der Waals surface area contributed by atoms with Crippen molar-refractivity contribution in [3.8, 4) is 16.9 Å². The van der Waals surface area contributed by atoms with Crippen LogP contribution in [0, 0.1) is 26.6 Å².